The Kier molecular flexibility index (Phi) is 3.66. The second-order valence-corrected chi connectivity index (χ2v) is 5.89. The Morgan fingerprint density at radius 3 is 2.80 bits per heavy atom. The van der Waals surface area contributed by atoms with Crippen LogP contribution in [0.4, 0.5) is 5.69 Å². The van der Waals surface area contributed by atoms with Crippen LogP contribution in [-0.2, 0) is 4.79 Å². The van der Waals surface area contributed by atoms with Crippen LogP contribution in [0.2, 0.25) is 0 Å². The maximum absolute atomic E-state index is 11.7. The molecule has 2 aliphatic rings. The number of nitrogens with zero attached hydrogens (tertiary/aromatic N) is 1. The highest BCUT2D eigenvalue weighted by atomic mass is 16.5. The summed E-state index contributed by atoms with van der Waals surface area (Å²) in [4.78, 5) is 13.4. The molecule has 108 valence electrons. The van der Waals surface area contributed by atoms with Crippen LogP contribution in [0.5, 0.6) is 5.75 Å². The second kappa shape index (κ2) is 5.44. The molecule has 1 unspecified atom stereocenters. The molecule has 1 heterocycles. The number of carbonyl (C=O) groups is 1. The molecule has 0 bridgehead atoms. The van der Waals surface area contributed by atoms with E-state index in [4.69, 9.17) is 10.5 Å². The summed E-state index contributed by atoms with van der Waals surface area (Å²) in [5, 5.41) is 0. The van der Waals surface area contributed by atoms with Gasteiger partial charge in [0.1, 0.15) is 5.75 Å². The molecule has 1 atom stereocenters. The topological polar surface area (TPSA) is 55.6 Å². The Morgan fingerprint density at radius 1 is 1.30 bits per heavy atom. The van der Waals surface area contributed by atoms with Crippen molar-refractivity contribution in [2.75, 3.05) is 18.6 Å². The molecule has 3 rings (SSSR count). The van der Waals surface area contributed by atoms with Gasteiger partial charge in [-0.15, -0.1) is 0 Å². The summed E-state index contributed by atoms with van der Waals surface area (Å²) in [6.07, 6.45) is 6.32. The van der Waals surface area contributed by atoms with E-state index in [2.05, 4.69) is 0 Å². The maximum Gasteiger partial charge on any atom is 0.264 e. The molecule has 4 heteroatoms. The molecule has 1 aromatic carbocycles. The predicted octanol–water partition coefficient (Wildman–Crippen LogP) is 2.62. The van der Waals surface area contributed by atoms with E-state index >= 15 is 0 Å². The Morgan fingerprint density at radius 2 is 2.05 bits per heavy atom. The summed E-state index contributed by atoms with van der Waals surface area (Å²) < 4.78 is 5.45. The van der Waals surface area contributed by atoms with Gasteiger partial charge >= 0.3 is 0 Å². The Hall–Kier alpha value is -1.55. The summed E-state index contributed by atoms with van der Waals surface area (Å²) in [7, 11) is 1.79. The molecule has 20 heavy (non-hydrogen) atoms. The van der Waals surface area contributed by atoms with Gasteiger partial charge in [-0.3, -0.25) is 4.79 Å². The number of carbonyl (C=O) groups excluding carboxylic acids is 1. The first-order valence-electron chi connectivity index (χ1n) is 7.45. The molecule has 0 spiro atoms. The van der Waals surface area contributed by atoms with E-state index in [1.165, 1.54) is 32.1 Å². The fraction of sp³-hybridized carbons (Fsp3) is 0.562. The number of fused-ring (bicyclic) bond motifs is 1. The molecule has 0 aromatic heterocycles. The minimum absolute atomic E-state index is 0.0131. The minimum Gasteiger partial charge on any atom is -0.482 e. The van der Waals surface area contributed by atoms with Crippen molar-refractivity contribution in [1.29, 1.82) is 0 Å². The van der Waals surface area contributed by atoms with Crippen molar-refractivity contribution in [1.82, 2.24) is 0 Å². The molecular formula is C16H22N2O2. The molecular weight excluding hydrogens is 252 g/mol. The van der Waals surface area contributed by atoms with Crippen LogP contribution in [0.25, 0.3) is 0 Å². The summed E-state index contributed by atoms with van der Waals surface area (Å²) in [5.41, 5.74) is 8.39. The number of hydrogen-bond donors (Lipinski definition) is 1. The van der Waals surface area contributed by atoms with Crippen LogP contribution in [0.3, 0.4) is 0 Å². The van der Waals surface area contributed by atoms with Gasteiger partial charge in [-0.05, 0) is 36.5 Å². The van der Waals surface area contributed by atoms with E-state index in [0.29, 0.717) is 5.92 Å². The average Bonchev–Trinajstić information content (AvgIpc) is 2.51. The standard InChI is InChI=1S/C16H22N2O2/c1-18-13-9-12(7-8-14(13)20-10-15(18)19)16(17)11-5-3-2-4-6-11/h7-9,11,16H,2-6,10,17H2,1H3. The Bertz CT molecular complexity index is 509. The number of nitrogens with two attached hydrogens (primary N) is 1. The lowest BCUT2D eigenvalue weighted by molar-refractivity contribution is -0.120. The fourth-order valence-corrected chi connectivity index (χ4v) is 3.26. The minimum atomic E-state index is -0.0131. The fourth-order valence-electron chi connectivity index (χ4n) is 3.26. The van der Waals surface area contributed by atoms with Crippen LogP contribution in [0, 0.1) is 5.92 Å². The number of hydrogen-bond acceptors (Lipinski definition) is 3. The molecule has 1 saturated carbocycles. The maximum atomic E-state index is 11.7. The number of anilines is 1. The first-order chi connectivity index (χ1) is 9.66. The van der Waals surface area contributed by atoms with Crippen molar-refractivity contribution < 1.29 is 9.53 Å². The van der Waals surface area contributed by atoms with Crippen LogP contribution in [0.15, 0.2) is 18.2 Å². The van der Waals surface area contributed by atoms with Crippen molar-refractivity contribution >= 4 is 11.6 Å². The van der Waals surface area contributed by atoms with E-state index in [0.717, 1.165) is 17.0 Å². The number of rotatable bonds is 2. The molecule has 2 N–H and O–H groups in total. The first-order valence-corrected chi connectivity index (χ1v) is 7.45. The third-order valence-electron chi connectivity index (χ3n) is 4.61. The summed E-state index contributed by atoms with van der Waals surface area (Å²) >= 11 is 0. The first kappa shape index (κ1) is 13.4. The lowest BCUT2D eigenvalue weighted by Gasteiger charge is -2.30. The van der Waals surface area contributed by atoms with Gasteiger partial charge < -0.3 is 15.4 Å². The monoisotopic (exact) mass is 274 g/mol. The van der Waals surface area contributed by atoms with Crippen LogP contribution >= 0.6 is 0 Å². The molecule has 1 aromatic rings. The molecule has 0 radical (unpaired) electrons. The van der Waals surface area contributed by atoms with E-state index in [1.807, 2.05) is 18.2 Å². The number of benzene rings is 1. The van der Waals surface area contributed by atoms with Crippen molar-refractivity contribution in [2.24, 2.45) is 11.7 Å². The molecule has 4 nitrogen and oxygen atoms in total. The number of ether oxygens (including phenoxy) is 1. The van der Waals surface area contributed by atoms with E-state index < -0.39 is 0 Å². The summed E-state index contributed by atoms with van der Waals surface area (Å²) in [5.74, 6) is 1.32. The van der Waals surface area contributed by atoms with Crippen LogP contribution < -0.4 is 15.4 Å². The van der Waals surface area contributed by atoms with Gasteiger partial charge in [0.15, 0.2) is 6.61 Å². The van der Waals surface area contributed by atoms with Gasteiger partial charge in [0.05, 0.1) is 5.69 Å². The van der Waals surface area contributed by atoms with Gasteiger partial charge in [0, 0.05) is 13.1 Å². The predicted molar refractivity (Wildman–Crippen MR) is 78.9 cm³/mol. The van der Waals surface area contributed by atoms with E-state index in [1.54, 1.807) is 11.9 Å². The van der Waals surface area contributed by atoms with Crippen molar-refractivity contribution in [3.8, 4) is 5.75 Å². The van der Waals surface area contributed by atoms with Gasteiger partial charge in [-0.1, -0.05) is 25.3 Å². The Balaban J connectivity index is 1.85. The third kappa shape index (κ3) is 2.40. The molecule has 1 fully saturated rings. The number of amides is 1. The highest BCUT2D eigenvalue weighted by molar-refractivity contribution is 5.97. The molecule has 1 aliphatic heterocycles. The zero-order valence-corrected chi connectivity index (χ0v) is 12.0. The highest BCUT2D eigenvalue weighted by Gasteiger charge is 2.26. The smallest absolute Gasteiger partial charge is 0.264 e. The summed E-state index contributed by atoms with van der Waals surface area (Å²) in [6.45, 7) is 0.123. The van der Waals surface area contributed by atoms with Crippen LogP contribution in [-0.4, -0.2) is 19.6 Å². The lowest BCUT2D eigenvalue weighted by atomic mass is 9.81. The second-order valence-electron chi connectivity index (χ2n) is 5.89. The molecule has 1 aliphatic carbocycles. The average molecular weight is 274 g/mol. The quantitative estimate of drug-likeness (QED) is 0.902. The largest absolute Gasteiger partial charge is 0.482 e. The summed E-state index contributed by atoms with van der Waals surface area (Å²) in [6, 6.07) is 6.06. The van der Waals surface area contributed by atoms with Gasteiger partial charge in [-0.25, -0.2) is 0 Å². The molecule has 0 saturated heterocycles. The Labute approximate surface area is 119 Å². The van der Waals surface area contributed by atoms with Crippen molar-refractivity contribution in [3.05, 3.63) is 23.8 Å². The van der Waals surface area contributed by atoms with Crippen LogP contribution in [0.1, 0.15) is 43.7 Å². The van der Waals surface area contributed by atoms with Gasteiger partial charge in [0.2, 0.25) is 0 Å². The SMILES string of the molecule is CN1C(=O)COc2ccc(C(N)C3CCCCC3)cc21. The van der Waals surface area contributed by atoms with E-state index in [-0.39, 0.29) is 18.6 Å². The number of likely N-dealkylation sites (N-methyl/N-ethyl adjacent to an activating group) is 1. The van der Waals surface area contributed by atoms with Crippen molar-refractivity contribution in [2.45, 2.75) is 38.1 Å². The zero-order chi connectivity index (χ0) is 14.1. The lowest BCUT2D eigenvalue weighted by Crippen LogP contribution is -2.35. The van der Waals surface area contributed by atoms with Crippen molar-refractivity contribution in [3.63, 3.8) is 0 Å². The normalized spacial score (nSPS) is 21.3. The molecule has 1 amide bonds. The van der Waals surface area contributed by atoms with E-state index in [9.17, 15) is 4.79 Å². The van der Waals surface area contributed by atoms with Gasteiger partial charge in [-0.2, -0.15) is 0 Å². The zero-order valence-electron chi connectivity index (χ0n) is 12.0. The third-order valence-corrected chi connectivity index (χ3v) is 4.61. The van der Waals surface area contributed by atoms with Gasteiger partial charge in [0.25, 0.3) is 5.91 Å². The highest BCUT2D eigenvalue weighted by Crippen LogP contribution is 2.37.